The number of ether oxygens (including phenoxy) is 5. The van der Waals surface area contributed by atoms with Crippen molar-refractivity contribution in [2.45, 2.75) is 91.8 Å². The monoisotopic (exact) mass is 952 g/mol. The number of carbonyl (C=O) groups excluding carboxylic acids is 2. The first-order chi connectivity index (χ1) is 32.2. The van der Waals surface area contributed by atoms with E-state index in [1.165, 1.54) is 13.3 Å². The molecule has 0 spiro atoms. The van der Waals surface area contributed by atoms with E-state index in [9.17, 15) is 25.1 Å². The van der Waals surface area contributed by atoms with Crippen LogP contribution in [0.15, 0.2) is 85.3 Å². The highest BCUT2D eigenvalue weighted by Crippen LogP contribution is 2.36. The maximum atomic E-state index is 12.6. The number of aliphatic hydroxyl groups is 2. The number of fused-ring (bicyclic) bond motifs is 1. The Morgan fingerprint density at radius 3 is 2.01 bits per heavy atom. The average Bonchev–Trinajstić information content (AvgIpc) is 3.72. The van der Waals surface area contributed by atoms with E-state index in [0.717, 1.165) is 33.2 Å². The fourth-order valence-corrected chi connectivity index (χ4v) is 7.77. The summed E-state index contributed by atoms with van der Waals surface area (Å²) in [4.78, 5) is 29.2. The first-order valence-corrected chi connectivity index (χ1v) is 22.4. The molecule has 2 atom stereocenters. The van der Waals surface area contributed by atoms with Gasteiger partial charge in [-0.15, -0.1) is 0 Å². The predicted molar refractivity (Wildman–Crippen MR) is 254 cm³/mol. The number of hydrogen-bond donors (Lipinski definition) is 4. The Morgan fingerprint density at radius 2 is 1.37 bits per heavy atom. The molecule has 0 aliphatic carbocycles. The van der Waals surface area contributed by atoms with Gasteiger partial charge >= 0.3 is 11.9 Å². The quantitative estimate of drug-likeness (QED) is 0.0485. The number of nitrogens with one attached hydrogen (secondary N) is 2. The molecule has 2 heterocycles. The van der Waals surface area contributed by atoms with Gasteiger partial charge in [0.2, 0.25) is 0 Å². The van der Waals surface area contributed by atoms with Gasteiger partial charge in [-0.25, -0.2) is 0 Å². The molecule has 4 N–H and O–H groups in total. The lowest BCUT2D eigenvalue weighted by atomic mass is 9.94. The third-order valence-corrected chi connectivity index (χ3v) is 11.4. The first kappa shape index (κ1) is 50.2. The minimum absolute atomic E-state index is 0.101. The highest BCUT2D eigenvalue weighted by molar-refractivity contribution is 6.32. The van der Waals surface area contributed by atoms with Crippen LogP contribution in [0.4, 0.5) is 0 Å². The topological polar surface area (TPSA) is 199 Å². The van der Waals surface area contributed by atoms with Gasteiger partial charge in [-0.1, -0.05) is 53.5 Å². The zero-order chi connectivity index (χ0) is 48.2. The minimum atomic E-state index is -0.974. The van der Waals surface area contributed by atoms with Crippen LogP contribution in [0.3, 0.4) is 0 Å². The normalized spacial score (nSPS) is 12.2. The Morgan fingerprint density at radius 1 is 0.746 bits per heavy atom. The summed E-state index contributed by atoms with van der Waals surface area (Å²) in [7, 11) is 1.53. The van der Waals surface area contributed by atoms with E-state index in [2.05, 4.69) is 27.8 Å². The lowest BCUT2D eigenvalue weighted by molar-refractivity contribution is -0.152. The van der Waals surface area contributed by atoms with E-state index in [4.69, 9.17) is 52.0 Å². The van der Waals surface area contributed by atoms with Crippen LogP contribution in [0, 0.1) is 18.3 Å². The molecular formula is C50H54Cl2N6O9. The molecule has 0 saturated carbocycles. The molecular weight excluding hydrogens is 899 g/mol. The fraction of sp³-hybridized carbons (Fsp3) is 0.340. The molecule has 6 aromatic rings. The van der Waals surface area contributed by atoms with Gasteiger partial charge in [0.25, 0.3) is 0 Å². The number of esters is 2. The van der Waals surface area contributed by atoms with Crippen molar-refractivity contribution >= 4 is 46.0 Å². The van der Waals surface area contributed by atoms with Gasteiger partial charge in [-0.3, -0.25) is 29.9 Å². The molecule has 2 aromatic heterocycles. The van der Waals surface area contributed by atoms with Crippen LogP contribution in [0.25, 0.3) is 22.0 Å². The van der Waals surface area contributed by atoms with Gasteiger partial charge in [0.15, 0.2) is 0 Å². The number of pyridine rings is 1. The number of hydrogen-bond acceptors (Lipinski definition) is 14. The molecule has 0 aliphatic rings. The standard InChI is InChI=1S/C50H54Cl2N6O9/c1-29(2)66-49(61)43(25-59)55-21-35-15-42(52)48(17-46(35)63-6)65-28-34-9-7-10-38(31(34)5)39-11-8-12-45-40(39)23-57-58(45)24-37-16-47(64-27-33-13-32(18-53)19-54-20-33)36(14-41(37)51)22-56-44(26-60)50(62)67-30(3)4/h7-17,19-20,23,29-30,43-44,55-56,59-60H,21-22,24-28H2,1-6H3/t43-,44-/m0/s1. The van der Waals surface area contributed by atoms with Crippen LogP contribution in [-0.2, 0) is 51.9 Å². The number of halogens is 2. The number of nitriles is 1. The van der Waals surface area contributed by atoms with Crippen LogP contribution in [-0.4, -0.2) is 81.5 Å². The fourth-order valence-electron chi connectivity index (χ4n) is 7.29. The largest absolute Gasteiger partial charge is 0.496 e. The Kier molecular flexibility index (Phi) is 17.6. The zero-order valence-electron chi connectivity index (χ0n) is 38.1. The molecule has 0 bridgehead atoms. The van der Waals surface area contributed by atoms with Crippen LogP contribution in [0.5, 0.6) is 17.2 Å². The molecule has 17 heteroatoms. The van der Waals surface area contributed by atoms with Crippen molar-refractivity contribution in [2.24, 2.45) is 0 Å². The molecule has 0 unspecified atom stereocenters. The molecule has 15 nitrogen and oxygen atoms in total. The number of aliphatic hydroxyl groups excluding tert-OH is 2. The second-order valence-electron chi connectivity index (χ2n) is 16.3. The predicted octanol–water partition coefficient (Wildman–Crippen LogP) is 7.60. The Hall–Kier alpha value is -6.25. The van der Waals surface area contributed by atoms with Crippen molar-refractivity contribution in [1.82, 2.24) is 25.4 Å². The SMILES string of the molecule is COc1cc(OCc2cccc(-c3cccc4c3cnn4Cc3cc(OCc4cncc(C#N)c4)c(CN[C@@H](CO)C(=O)OC(C)C)cc3Cl)c2C)c(Cl)cc1CN[C@@H](CO)C(=O)OC(C)C. The summed E-state index contributed by atoms with van der Waals surface area (Å²) in [6.45, 7) is 8.99. The smallest absolute Gasteiger partial charge is 0.325 e. The van der Waals surface area contributed by atoms with E-state index in [-0.39, 0.29) is 38.5 Å². The van der Waals surface area contributed by atoms with Crippen LogP contribution < -0.4 is 24.8 Å². The number of methoxy groups -OCH3 is 1. The average molecular weight is 954 g/mol. The van der Waals surface area contributed by atoms with E-state index < -0.39 is 37.2 Å². The summed E-state index contributed by atoms with van der Waals surface area (Å²) in [6.07, 6.45) is 4.25. The van der Waals surface area contributed by atoms with E-state index in [1.54, 1.807) is 58.2 Å². The summed E-state index contributed by atoms with van der Waals surface area (Å²) in [5.74, 6) is 0.241. The Bertz CT molecular complexity index is 2740. The van der Waals surface area contributed by atoms with Gasteiger partial charge in [-0.05, 0) is 92.8 Å². The second-order valence-corrected chi connectivity index (χ2v) is 17.1. The molecule has 352 valence electrons. The third kappa shape index (κ3) is 12.8. The van der Waals surface area contributed by atoms with E-state index in [1.807, 2.05) is 54.2 Å². The van der Waals surface area contributed by atoms with Gasteiger partial charge < -0.3 is 33.9 Å². The highest BCUT2D eigenvalue weighted by atomic mass is 35.5. The second kappa shape index (κ2) is 23.5. The maximum Gasteiger partial charge on any atom is 0.325 e. The lowest BCUT2D eigenvalue weighted by Crippen LogP contribution is -2.41. The van der Waals surface area contributed by atoms with Gasteiger partial charge in [0.1, 0.15) is 48.6 Å². The number of aromatic nitrogens is 3. The minimum Gasteiger partial charge on any atom is -0.496 e. The summed E-state index contributed by atoms with van der Waals surface area (Å²) < 4.78 is 30.7. The molecule has 67 heavy (non-hydrogen) atoms. The number of nitrogens with zero attached hydrogens (tertiary/aromatic N) is 4. The number of benzene rings is 4. The van der Waals surface area contributed by atoms with Crippen molar-refractivity contribution in [2.75, 3.05) is 20.3 Å². The van der Waals surface area contributed by atoms with Crippen molar-refractivity contribution in [3.63, 3.8) is 0 Å². The molecule has 4 aromatic carbocycles. The summed E-state index contributed by atoms with van der Waals surface area (Å²) in [5.41, 5.74) is 7.86. The van der Waals surface area contributed by atoms with E-state index in [0.29, 0.717) is 61.7 Å². The van der Waals surface area contributed by atoms with Crippen molar-refractivity contribution in [3.05, 3.63) is 134 Å². The van der Waals surface area contributed by atoms with Crippen LogP contribution >= 0.6 is 23.2 Å². The number of rotatable bonds is 22. The highest BCUT2D eigenvalue weighted by Gasteiger charge is 2.23. The maximum absolute atomic E-state index is 12.6. The van der Waals surface area contributed by atoms with Crippen molar-refractivity contribution in [1.29, 1.82) is 5.26 Å². The van der Waals surface area contributed by atoms with Gasteiger partial charge in [0, 0.05) is 58.6 Å². The lowest BCUT2D eigenvalue weighted by Gasteiger charge is -2.20. The molecule has 0 radical (unpaired) electrons. The summed E-state index contributed by atoms with van der Waals surface area (Å²) >= 11 is 13.7. The van der Waals surface area contributed by atoms with Crippen LogP contribution in [0.1, 0.15) is 66.6 Å². The molecule has 0 saturated heterocycles. The molecule has 0 fully saturated rings. The first-order valence-electron chi connectivity index (χ1n) is 21.6. The Balaban J connectivity index is 1.22. The molecule has 0 amide bonds. The third-order valence-electron chi connectivity index (χ3n) is 10.7. The van der Waals surface area contributed by atoms with Crippen LogP contribution in [0.2, 0.25) is 10.0 Å². The Labute approximate surface area is 399 Å². The van der Waals surface area contributed by atoms with E-state index >= 15 is 0 Å². The summed E-state index contributed by atoms with van der Waals surface area (Å²) in [5, 5.41) is 41.7. The summed E-state index contributed by atoms with van der Waals surface area (Å²) in [6, 6.07) is 20.9. The molecule has 6 rings (SSSR count). The van der Waals surface area contributed by atoms with Gasteiger partial charge in [-0.2, -0.15) is 10.4 Å². The van der Waals surface area contributed by atoms with Gasteiger partial charge in [0.05, 0.1) is 61.4 Å². The zero-order valence-corrected chi connectivity index (χ0v) is 39.7. The molecule has 0 aliphatic heterocycles. The van der Waals surface area contributed by atoms with Crippen molar-refractivity contribution < 1.29 is 43.5 Å². The van der Waals surface area contributed by atoms with Crippen molar-refractivity contribution in [3.8, 4) is 34.4 Å². The number of carbonyl (C=O) groups is 2.